The van der Waals surface area contributed by atoms with E-state index in [1.54, 1.807) is 41.0 Å². The standard InChI is InChI=1S/C20H17ClN4O4/c21-13-3-1-4-14(10-13)29-11-18(26)23-24-19(27)12-6-7-15-16(9-12)22-17-5-2-8-25(17)20(15)28/h1,3-4,6-7,9-10H,2,5,8,11H2,(H,23,26)(H,24,27). The molecule has 1 aliphatic heterocycles. The predicted molar refractivity (Wildman–Crippen MR) is 107 cm³/mol. The Morgan fingerprint density at radius 2 is 2.03 bits per heavy atom. The van der Waals surface area contributed by atoms with Crippen molar-refractivity contribution in [1.29, 1.82) is 0 Å². The number of ether oxygens (including phenoxy) is 1. The number of aryl methyl sites for hydroxylation is 1. The summed E-state index contributed by atoms with van der Waals surface area (Å²) in [5.41, 5.74) is 5.26. The van der Waals surface area contributed by atoms with Crippen molar-refractivity contribution in [3.05, 3.63) is 69.2 Å². The van der Waals surface area contributed by atoms with Gasteiger partial charge in [0.05, 0.1) is 10.9 Å². The first-order valence-electron chi connectivity index (χ1n) is 9.02. The topological polar surface area (TPSA) is 102 Å². The number of amides is 2. The molecule has 2 aromatic carbocycles. The van der Waals surface area contributed by atoms with Crippen LogP contribution in [0.5, 0.6) is 5.75 Å². The summed E-state index contributed by atoms with van der Waals surface area (Å²) in [5.74, 6) is 0.114. The minimum absolute atomic E-state index is 0.0964. The van der Waals surface area contributed by atoms with Crippen molar-refractivity contribution in [3.8, 4) is 5.75 Å². The highest BCUT2D eigenvalue weighted by Crippen LogP contribution is 2.17. The Bertz CT molecular complexity index is 1170. The second kappa shape index (κ2) is 7.92. The Hall–Kier alpha value is -3.39. The zero-order valence-electron chi connectivity index (χ0n) is 15.3. The van der Waals surface area contributed by atoms with E-state index in [2.05, 4.69) is 15.8 Å². The van der Waals surface area contributed by atoms with Gasteiger partial charge in [0.25, 0.3) is 17.4 Å². The monoisotopic (exact) mass is 412 g/mol. The van der Waals surface area contributed by atoms with Crippen molar-refractivity contribution < 1.29 is 14.3 Å². The van der Waals surface area contributed by atoms with Crippen molar-refractivity contribution >= 4 is 34.3 Å². The van der Waals surface area contributed by atoms with Crippen LogP contribution in [0.2, 0.25) is 5.02 Å². The van der Waals surface area contributed by atoms with Crippen LogP contribution >= 0.6 is 11.6 Å². The average molecular weight is 413 g/mol. The molecule has 1 aliphatic rings. The molecule has 8 nitrogen and oxygen atoms in total. The number of rotatable bonds is 4. The Balaban J connectivity index is 1.39. The van der Waals surface area contributed by atoms with Crippen LogP contribution < -0.4 is 21.1 Å². The minimum Gasteiger partial charge on any atom is -0.484 e. The third kappa shape index (κ3) is 4.07. The van der Waals surface area contributed by atoms with E-state index in [-0.39, 0.29) is 17.7 Å². The van der Waals surface area contributed by atoms with E-state index in [1.165, 1.54) is 6.07 Å². The number of hydrogen-bond donors (Lipinski definition) is 2. The van der Waals surface area contributed by atoms with E-state index in [4.69, 9.17) is 16.3 Å². The smallest absolute Gasteiger partial charge is 0.276 e. The van der Waals surface area contributed by atoms with Gasteiger partial charge in [0, 0.05) is 23.6 Å². The molecule has 0 spiro atoms. The summed E-state index contributed by atoms with van der Waals surface area (Å²) in [6, 6.07) is 11.3. The molecule has 0 unspecified atom stereocenters. The zero-order valence-corrected chi connectivity index (χ0v) is 16.0. The first-order valence-corrected chi connectivity index (χ1v) is 9.40. The molecule has 0 fully saturated rings. The number of halogens is 1. The van der Waals surface area contributed by atoms with Crippen molar-refractivity contribution in [2.75, 3.05) is 6.61 Å². The molecule has 29 heavy (non-hydrogen) atoms. The molecule has 9 heteroatoms. The molecule has 0 bridgehead atoms. The fourth-order valence-electron chi connectivity index (χ4n) is 3.17. The lowest BCUT2D eigenvalue weighted by Gasteiger charge is -2.10. The molecule has 1 aromatic heterocycles. The molecule has 2 amide bonds. The molecule has 0 atom stereocenters. The zero-order chi connectivity index (χ0) is 20.4. The maximum Gasteiger partial charge on any atom is 0.276 e. The fraction of sp³-hybridized carbons (Fsp3) is 0.200. The number of carbonyl (C=O) groups is 2. The van der Waals surface area contributed by atoms with Crippen LogP contribution in [0.3, 0.4) is 0 Å². The molecule has 0 saturated heterocycles. The Labute approximate surface area is 170 Å². The highest BCUT2D eigenvalue weighted by atomic mass is 35.5. The summed E-state index contributed by atoms with van der Waals surface area (Å²) < 4.78 is 6.97. The van der Waals surface area contributed by atoms with E-state index < -0.39 is 11.8 Å². The van der Waals surface area contributed by atoms with Crippen molar-refractivity contribution in [1.82, 2.24) is 20.4 Å². The highest BCUT2D eigenvalue weighted by Gasteiger charge is 2.17. The van der Waals surface area contributed by atoms with Gasteiger partial charge in [0.2, 0.25) is 0 Å². The molecular weight excluding hydrogens is 396 g/mol. The number of aromatic nitrogens is 2. The lowest BCUT2D eigenvalue weighted by atomic mass is 10.1. The summed E-state index contributed by atoms with van der Waals surface area (Å²) in [6.07, 6.45) is 1.62. The third-order valence-corrected chi connectivity index (χ3v) is 4.80. The Kier molecular flexibility index (Phi) is 5.18. The molecule has 0 aliphatic carbocycles. The second-order valence-electron chi connectivity index (χ2n) is 6.57. The van der Waals surface area contributed by atoms with Crippen LogP contribution in [0.1, 0.15) is 22.6 Å². The van der Waals surface area contributed by atoms with Gasteiger partial charge in [-0.25, -0.2) is 4.98 Å². The van der Waals surface area contributed by atoms with Gasteiger partial charge in [0.1, 0.15) is 11.6 Å². The van der Waals surface area contributed by atoms with Gasteiger partial charge in [-0.1, -0.05) is 17.7 Å². The van der Waals surface area contributed by atoms with E-state index >= 15 is 0 Å². The lowest BCUT2D eigenvalue weighted by Crippen LogP contribution is -2.43. The first kappa shape index (κ1) is 18.9. The largest absolute Gasteiger partial charge is 0.484 e. The quantitative estimate of drug-likeness (QED) is 0.636. The van der Waals surface area contributed by atoms with Crippen LogP contribution in [0.15, 0.2) is 47.3 Å². The minimum atomic E-state index is -0.534. The highest BCUT2D eigenvalue weighted by molar-refractivity contribution is 6.30. The number of carbonyl (C=O) groups excluding carboxylic acids is 2. The molecule has 0 saturated carbocycles. The van der Waals surface area contributed by atoms with Gasteiger partial charge in [0.15, 0.2) is 6.61 Å². The number of benzene rings is 2. The maximum atomic E-state index is 12.5. The van der Waals surface area contributed by atoms with Crippen LogP contribution in [-0.4, -0.2) is 28.0 Å². The lowest BCUT2D eigenvalue weighted by molar-refractivity contribution is -0.123. The van der Waals surface area contributed by atoms with Gasteiger partial charge >= 0.3 is 0 Å². The van der Waals surface area contributed by atoms with Crippen molar-refractivity contribution in [2.24, 2.45) is 0 Å². The summed E-state index contributed by atoms with van der Waals surface area (Å²) in [6.45, 7) is 0.380. The van der Waals surface area contributed by atoms with Crippen LogP contribution in [0.4, 0.5) is 0 Å². The molecule has 4 rings (SSSR count). The summed E-state index contributed by atoms with van der Waals surface area (Å²) in [7, 11) is 0. The Morgan fingerprint density at radius 3 is 2.86 bits per heavy atom. The second-order valence-corrected chi connectivity index (χ2v) is 7.01. The van der Waals surface area contributed by atoms with Gasteiger partial charge in [-0.05, 0) is 42.8 Å². The average Bonchev–Trinajstić information content (AvgIpc) is 3.19. The maximum absolute atomic E-state index is 12.5. The number of hydrazine groups is 1. The molecule has 2 N–H and O–H groups in total. The summed E-state index contributed by atoms with van der Waals surface area (Å²) in [4.78, 5) is 41.2. The van der Waals surface area contributed by atoms with Crippen molar-refractivity contribution in [2.45, 2.75) is 19.4 Å². The van der Waals surface area contributed by atoms with E-state index in [0.29, 0.717) is 28.2 Å². The number of nitrogens with zero attached hydrogens (tertiary/aromatic N) is 2. The van der Waals surface area contributed by atoms with E-state index in [1.807, 2.05) is 0 Å². The first-order chi connectivity index (χ1) is 14.0. The molecule has 0 radical (unpaired) electrons. The van der Waals surface area contributed by atoms with E-state index in [9.17, 15) is 14.4 Å². The molecule has 3 aromatic rings. The van der Waals surface area contributed by atoms with Crippen molar-refractivity contribution in [3.63, 3.8) is 0 Å². The number of fused-ring (bicyclic) bond motifs is 2. The SMILES string of the molecule is O=C(COc1cccc(Cl)c1)NNC(=O)c1ccc2c(=O)n3c(nc2c1)CCC3. The fourth-order valence-corrected chi connectivity index (χ4v) is 3.35. The van der Waals surface area contributed by atoms with Crippen LogP contribution in [-0.2, 0) is 17.8 Å². The number of hydrogen-bond acceptors (Lipinski definition) is 5. The van der Waals surface area contributed by atoms with Gasteiger partial charge in [-0.3, -0.25) is 29.8 Å². The third-order valence-electron chi connectivity index (χ3n) is 4.56. The summed E-state index contributed by atoms with van der Waals surface area (Å²) >= 11 is 5.85. The Morgan fingerprint density at radius 1 is 1.17 bits per heavy atom. The summed E-state index contributed by atoms with van der Waals surface area (Å²) in [5, 5.41) is 0.956. The van der Waals surface area contributed by atoms with Gasteiger partial charge in [-0.15, -0.1) is 0 Å². The van der Waals surface area contributed by atoms with Gasteiger partial charge < -0.3 is 4.74 Å². The van der Waals surface area contributed by atoms with Gasteiger partial charge in [-0.2, -0.15) is 0 Å². The molecule has 148 valence electrons. The van der Waals surface area contributed by atoms with Crippen LogP contribution in [0, 0.1) is 0 Å². The van der Waals surface area contributed by atoms with E-state index in [0.717, 1.165) is 18.7 Å². The van der Waals surface area contributed by atoms with Crippen LogP contribution in [0.25, 0.3) is 10.9 Å². The normalized spacial score (nSPS) is 12.4. The predicted octanol–water partition coefficient (Wildman–Crippen LogP) is 1.84. The molecule has 2 heterocycles. The molecular formula is C20H17ClN4O4. The number of nitrogens with one attached hydrogen (secondary N) is 2.